The van der Waals surface area contributed by atoms with E-state index in [2.05, 4.69) is 0 Å². The van der Waals surface area contributed by atoms with Crippen molar-refractivity contribution < 1.29 is 31.1 Å². The van der Waals surface area contributed by atoms with Crippen molar-refractivity contribution in [1.82, 2.24) is 4.31 Å². The highest BCUT2D eigenvalue weighted by Crippen LogP contribution is 2.28. The maximum atomic E-state index is 13.8. The van der Waals surface area contributed by atoms with Gasteiger partial charge in [-0.1, -0.05) is 0 Å². The van der Waals surface area contributed by atoms with E-state index in [4.69, 9.17) is 5.11 Å². The molecule has 0 unspecified atom stereocenters. The van der Waals surface area contributed by atoms with Crippen molar-refractivity contribution in [3.63, 3.8) is 0 Å². The number of rotatable bonds is 4. The summed E-state index contributed by atoms with van der Waals surface area (Å²) in [6, 6.07) is 1.24. The SMILES string of the molecule is CS(=O)(=O)c1ccc(S(=O)(=O)N2CCC[C@H]2C(=O)O)cc1F. The summed E-state index contributed by atoms with van der Waals surface area (Å²) in [4.78, 5) is 10.0. The highest BCUT2D eigenvalue weighted by atomic mass is 32.2. The smallest absolute Gasteiger partial charge is 0.322 e. The molecule has 7 nitrogen and oxygen atoms in total. The van der Waals surface area contributed by atoms with Gasteiger partial charge in [-0.3, -0.25) is 4.79 Å². The number of hydrogen-bond acceptors (Lipinski definition) is 5. The predicted molar refractivity (Wildman–Crippen MR) is 74.1 cm³/mol. The Labute approximate surface area is 127 Å². The topological polar surface area (TPSA) is 109 Å². The molecule has 0 aliphatic carbocycles. The molecule has 122 valence electrons. The molecule has 1 aliphatic rings. The van der Waals surface area contributed by atoms with Gasteiger partial charge in [-0.2, -0.15) is 4.31 Å². The minimum atomic E-state index is -4.20. The summed E-state index contributed by atoms with van der Waals surface area (Å²) in [5, 5.41) is 9.04. The van der Waals surface area contributed by atoms with Crippen LogP contribution in [0.1, 0.15) is 12.8 Å². The minimum absolute atomic E-state index is 0.0226. The largest absolute Gasteiger partial charge is 0.480 e. The predicted octanol–water partition coefficient (Wildman–Crippen LogP) is 0.467. The number of sulfone groups is 1. The van der Waals surface area contributed by atoms with Crippen molar-refractivity contribution in [2.75, 3.05) is 12.8 Å². The zero-order valence-electron chi connectivity index (χ0n) is 11.6. The molecular weight excluding hydrogens is 337 g/mol. The number of nitrogens with zero attached hydrogens (tertiary/aromatic N) is 1. The third-order valence-corrected chi connectivity index (χ3v) is 6.43. The first kappa shape index (κ1) is 16.8. The first-order valence-electron chi connectivity index (χ1n) is 6.29. The number of benzene rings is 1. The number of aliphatic carboxylic acids is 1. The Morgan fingerprint density at radius 3 is 2.45 bits per heavy atom. The van der Waals surface area contributed by atoms with Crippen LogP contribution < -0.4 is 0 Å². The Bertz CT molecular complexity index is 818. The molecule has 0 aromatic heterocycles. The van der Waals surface area contributed by atoms with Crippen molar-refractivity contribution in [1.29, 1.82) is 0 Å². The fraction of sp³-hybridized carbons (Fsp3) is 0.417. The van der Waals surface area contributed by atoms with Gasteiger partial charge in [0.1, 0.15) is 16.8 Å². The summed E-state index contributed by atoms with van der Waals surface area (Å²) in [5.41, 5.74) is 0. The van der Waals surface area contributed by atoms with Crippen LogP contribution in [-0.4, -0.2) is 51.1 Å². The number of carboxylic acid groups (broad SMARTS) is 1. The van der Waals surface area contributed by atoms with E-state index in [0.717, 1.165) is 22.7 Å². The average molecular weight is 351 g/mol. The second kappa shape index (κ2) is 5.60. The quantitative estimate of drug-likeness (QED) is 0.844. The fourth-order valence-corrected chi connectivity index (χ4v) is 4.74. The molecule has 0 amide bonds. The van der Waals surface area contributed by atoms with E-state index in [1.165, 1.54) is 0 Å². The van der Waals surface area contributed by atoms with E-state index in [1.807, 2.05) is 0 Å². The second-order valence-electron chi connectivity index (χ2n) is 4.98. The van der Waals surface area contributed by atoms with Gasteiger partial charge in [-0.05, 0) is 31.0 Å². The summed E-state index contributed by atoms with van der Waals surface area (Å²) >= 11 is 0. The van der Waals surface area contributed by atoms with Gasteiger partial charge in [0.2, 0.25) is 10.0 Å². The van der Waals surface area contributed by atoms with E-state index in [9.17, 15) is 26.0 Å². The zero-order chi connectivity index (χ0) is 16.7. The van der Waals surface area contributed by atoms with Crippen molar-refractivity contribution in [2.45, 2.75) is 28.7 Å². The molecule has 22 heavy (non-hydrogen) atoms. The zero-order valence-corrected chi connectivity index (χ0v) is 13.2. The van der Waals surface area contributed by atoms with Crippen LogP contribution in [-0.2, 0) is 24.7 Å². The van der Waals surface area contributed by atoms with Crippen LogP contribution >= 0.6 is 0 Å². The molecule has 0 radical (unpaired) electrons. The summed E-state index contributed by atoms with van der Waals surface area (Å²) < 4.78 is 62.1. The fourth-order valence-electron chi connectivity index (χ4n) is 2.35. The Kier molecular flexibility index (Phi) is 4.28. The molecule has 0 bridgehead atoms. The van der Waals surface area contributed by atoms with E-state index in [0.29, 0.717) is 12.5 Å². The van der Waals surface area contributed by atoms with Gasteiger partial charge in [-0.15, -0.1) is 0 Å². The van der Waals surface area contributed by atoms with Crippen molar-refractivity contribution in [3.05, 3.63) is 24.0 Å². The third kappa shape index (κ3) is 2.99. The van der Waals surface area contributed by atoms with Gasteiger partial charge in [0.15, 0.2) is 9.84 Å². The summed E-state index contributed by atoms with van der Waals surface area (Å²) in [7, 11) is -8.02. The van der Waals surface area contributed by atoms with E-state index in [-0.39, 0.29) is 13.0 Å². The van der Waals surface area contributed by atoms with Gasteiger partial charge in [0.25, 0.3) is 0 Å². The summed E-state index contributed by atoms with van der Waals surface area (Å²) in [5.74, 6) is -2.45. The first-order chi connectivity index (χ1) is 10.0. The number of carboxylic acids is 1. The maximum Gasteiger partial charge on any atom is 0.322 e. The first-order valence-corrected chi connectivity index (χ1v) is 9.62. The van der Waals surface area contributed by atoms with Gasteiger partial charge in [-0.25, -0.2) is 21.2 Å². The van der Waals surface area contributed by atoms with Gasteiger partial charge in [0, 0.05) is 12.8 Å². The molecule has 0 spiro atoms. The molecule has 2 rings (SSSR count). The van der Waals surface area contributed by atoms with Gasteiger partial charge in [0.05, 0.1) is 4.90 Å². The number of hydrogen-bond donors (Lipinski definition) is 1. The van der Waals surface area contributed by atoms with Crippen LogP contribution in [0.4, 0.5) is 4.39 Å². The molecule has 1 heterocycles. The van der Waals surface area contributed by atoms with E-state index >= 15 is 0 Å². The summed E-state index contributed by atoms with van der Waals surface area (Å²) in [6.45, 7) is 0.0226. The lowest BCUT2D eigenvalue weighted by atomic mass is 10.2. The molecule has 1 fully saturated rings. The third-order valence-electron chi connectivity index (χ3n) is 3.40. The lowest BCUT2D eigenvalue weighted by Gasteiger charge is -2.21. The Morgan fingerprint density at radius 1 is 1.32 bits per heavy atom. The molecular formula is C12H14FNO6S2. The van der Waals surface area contributed by atoms with Crippen molar-refractivity contribution in [2.24, 2.45) is 0 Å². The normalized spacial score (nSPS) is 20.2. The molecule has 0 saturated carbocycles. The molecule has 1 atom stereocenters. The molecule has 1 aromatic carbocycles. The van der Waals surface area contributed by atoms with E-state index < -0.39 is 47.5 Å². The van der Waals surface area contributed by atoms with Crippen LogP contribution in [0.5, 0.6) is 0 Å². The molecule has 1 N–H and O–H groups in total. The standard InChI is InChI=1S/C12H14FNO6S2/c1-21(17,18)11-5-4-8(7-9(11)13)22(19,20)14-6-2-3-10(14)12(15)16/h4-5,7,10H,2-3,6H2,1H3,(H,15,16)/t10-/m0/s1. The number of carbonyl (C=O) groups is 1. The van der Waals surface area contributed by atoms with E-state index in [1.54, 1.807) is 0 Å². The lowest BCUT2D eigenvalue weighted by molar-refractivity contribution is -0.140. The van der Waals surface area contributed by atoms with Crippen molar-refractivity contribution >= 4 is 25.8 Å². The molecule has 1 aromatic rings. The van der Waals surface area contributed by atoms with Crippen molar-refractivity contribution in [3.8, 4) is 0 Å². The van der Waals surface area contributed by atoms with Crippen LogP contribution in [0.2, 0.25) is 0 Å². The highest BCUT2D eigenvalue weighted by Gasteiger charge is 2.39. The highest BCUT2D eigenvalue weighted by molar-refractivity contribution is 7.90. The lowest BCUT2D eigenvalue weighted by Crippen LogP contribution is -2.40. The minimum Gasteiger partial charge on any atom is -0.480 e. The molecule has 10 heteroatoms. The Morgan fingerprint density at radius 2 is 1.95 bits per heavy atom. The average Bonchev–Trinajstić information content (AvgIpc) is 2.86. The Hall–Kier alpha value is -1.52. The second-order valence-corrected chi connectivity index (χ2v) is 8.85. The van der Waals surface area contributed by atoms with Gasteiger partial charge < -0.3 is 5.11 Å². The van der Waals surface area contributed by atoms with Gasteiger partial charge >= 0.3 is 5.97 Å². The summed E-state index contributed by atoms with van der Waals surface area (Å²) in [6.07, 6.45) is 1.37. The maximum absolute atomic E-state index is 13.8. The monoisotopic (exact) mass is 351 g/mol. The number of sulfonamides is 1. The van der Waals surface area contributed by atoms with Crippen LogP contribution in [0.25, 0.3) is 0 Å². The van der Waals surface area contributed by atoms with Crippen LogP contribution in [0.3, 0.4) is 0 Å². The molecule has 1 aliphatic heterocycles. The Balaban J connectivity index is 2.47. The number of halogens is 1. The molecule has 1 saturated heterocycles. The van der Waals surface area contributed by atoms with Crippen LogP contribution in [0, 0.1) is 5.82 Å². The van der Waals surface area contributed by atoms with Crippen LogP contribution in [0.15, 0.2) is 28.0 Å².